The highest BCUT2D eigenvalue weighted by Crippen LogP contribution is 2.23. The molecule has 0 fully saturated rings. The highest BCUT2D eigenvalue weighted by atomic mass is 16.1. The van der Waals surface area contributed by atoms with Crippen LogP contribution in [0.25, 0.3) is 10.9 Å². The third-order valence-electron chi connectivity index (χ3n) is 4.22. The van der Waals surface area contributed by atoms with Gasteiger partial charge >= 0.3 is 0 Å². The quantitative estimate of drug-likeness (QED) is 0.747. The molecular formula is C21H22N2O. The van der Waals surface area contributed by atoms with Gasteiger partial charge in [0, 0.05) is 11.1 Å². The Morgan fingerprint density at radius 3 is 2.33 bits per heavy atom. The summed E-state index contributed by atoms with van der Waals surface area (Å²) in [5, 5.41) is 3.99. The van der Waals surface area contributed by atoms with E-state index in [4.69, 9.17) is 0 Å². The van der Waals surface area contributed by atoms with Crippen LogP contribution in [0.2, 0.25) is 0 Å². The van der Waals surface area contributed by atoms with Crippen molar-refractivity contribution in [3.05, 3.63) is 77.5 Å². The molecule has 1 N–H and O–H groups in total. The van der Waals surface area contributed by atoms with Crippen LogP contribution in [0.3, 0.4) is 0 Å². The monoisotopic (exact) mass is 318 g/mol. The van der Waals surface area contributed by atoms with E-state index < -0.39 is 0 Å². The molecule has 0 aliphatic carbocycles. The summed E-state index contributed by atoms with van der Waals surface area (Å²) in [6, 6.07) is 19.7. The molecule has 1 aromatic heterocycles. The fourth-order valence-corrected chi connectivity index (χ4v) is 2.78. The average Bonchev–Trinajstić information content (AvgIpc) is 2.61. The summed E-state index contributed by atoms with van der Waals surface area (Å²) >= 11 is 0. The van der Waals surface area contributed by atoms with Crippen LogP contribution in [0.1, 0.15) is 54.3 Å². The van der Waals surface area contributed by atoms with E-state index in [-0.39, 0.29) is 17.9 Å². The van der Waals surface area contributed by atoms with Gasteiger partial charge in [0.15, 0.2) is 0 Å². The molecule has 24 heavy (non-hydrogen) atoms. The number of nitrogens with zero attached hydrogens (tertiary/aromatic N) is 1. The van der Waals surface area contributed by atoms with Crippen molar-refractivity contribution in [2.75, 3.05) is 0 Å². The molecule has 3 rings (SSSR count). The Kier molecular flexibility index (Phi) is 4.61. The minimum absolute atomic E-state index is 0.0480. The second kappa shape index (κ2) is 6.83. The van der Waals surface area contributed by atoms with Gasteiger partial charge in [-0.2, -0.15) is 0 Å². The highest BCUT2D eigenvalue weighted by Gasteiger charge is 2.16. The van der Waals surface area contributed by atoms with Crippen LogP contribution in [-0.2, 0) is 0 Å². The molecule has 0 radical (unpaired) electrons. The number of nitrogens with one attached hydrogen (secondary N) is 1. The number of aromatic nitrogens is 1. The fourth-order valence-electron chi connectivity index (χ4n) is 2.78. The molecule has 2 aromatic carbocycles. The molecule has 0 saturated heterocycles. The number of fused-ring (bicyclic) bond motifs is 1. The van der Waals surface area contributed by atoms with E-state index in [1.165, 1.54) is 0 Å². The van der Waals surface area contributed by atoms with Gasteiger partial charge in [-0.05, 0) is 30.5 Å². The van der Waals surface area contributed by atoms with Crippen molar-refractivity contribution in [2.45, 2.75) is 32.7 Å². The van der Waals surface area contributed by atoms with E-state index in [0.29, 0.717) is 5.56 Å². The first-order chi connectivity index (χ1) is 11.6. The Hall–Kier alpha value is -2.68. The number of amides is 1. The summed E-state index contributed by atoms with van der Waals surface area (Å²) in [4.78, 5) is 17.6. The number of pyridine rings is 1. The van der Waals surface area contributed by atoms with Crippen LogP contribution >= 0.6 is 0 Å². The molecule has 3 aromatic rings. The lowest BCUT2D eigenvalue weighted by atomic mass is 10.0. The number of carbonyl (C=O) groups excluding carboxylic acids is 1. The van der Waals surface area contributed by atoms with Crippen LogP contribution in [0.5, 0.6) is 0 Å². The molecule has 0 bridgehead atoms. The zero-order valence-corrected chi connectivity index (χ0v) is 14.3. The van der Waals surface area contributed by atoms with Crippen LogP contribution in [0.15, 0.2) is 60.7 Å². The van der Waals surface area contributed by atoms with Crippen molar-refractivity contribution in [2.24, 2.45) is 0 Å². The first-order valence-corrected chi connectivity index (χ1v) is 8.31. The Labute approximate surface area is 142 Å². The lowest BCUT2D eigenvalue weighted by Crippen LogP contribution is -2.27. The Morgan fingerprint density at radius 2 is 1.62 bits per heavy atom. The van der Waals surface area contributed by atoms with Gasteiger partial charge in [0.05, 0.1) is 17.1 Å². The molecule has 1 unspecified atom stereocenters. The molecule has 0 aliphatic rings. The number of rotatable bonds is 4. The minimum Gasteiger partial charge on any atom is -0.345 e. The van der Waals surface area contributed by atoms with Crippen molar-refractivity contribution in [3.8, 4) is 0 Å². The van der Waals surface area contributed by atoms with Crippen LogP contribution in [-0.4, -0.2) is 10.9 Å². The minimum atomic E-state index is -0.0631. The van der Waals surface area contributed by atoms with Crippen molar-refractivity contribution in [3.63, 3.8) is 0 Å². The van der Waals surface area contributed by atoms with Gasteiger partial charge in [0.2, 0.25) is 0 Å². The second-order valence-electron chi connectivity index (χ2n) is 6.37. The molecule has 1 atom stereocenters. The van der Waals surface area contributed by atoms with E-state index in [1.54, 1.807) is 0 Å². The van der Waals surface area contributed by atoms with Crippen LogP contribution in [0.4, 0.5) is 0 Å². The summed E-state index contributed by atoms with van der Waals surface area (Å²) in [6.07, 6.45) is 0. The third kappa shape index (κ3) is 3.30. The van der Waals surface area contributed by atoms with E-state index >= 15 is 0 Å². The van der Waals surface area contributed by atoms with Gasteiger partial charge in [-0.3, -0.25) is 9.78 Å². The summed E-state index contributed by atoms with van der Waals surface area (Å²) in [7, 11) is 0. The molecule has 3 heteroatoms. The first kappa shape index (κ1) is 16.2. The van der Waals surface area contributed by atoms with Crippen molar-refractivity contribution < 1.29 is 4.79 Å². The molecule has 122 valence electrons. The summed E-state index contributed by atoms with van der Waals surface area (Å²) in [5.41, 5.74) is 3.58. The number of hydrogen-bond donors (Lipinski definition) is 1. The average molecular weight is 318 g/mol. The SMILES string of the molecule is CC(C)c1cc(C(=O)NC(C)c2ccccc2)c2ccccc2n1. The highest BCUT2D eigenvalue weighted by molar-refractivity contribution is 6.06. The maximum Gasteiger partial charge on any atom is 0.252 e. The number of hydrogen-bond acceptors (Lipinski definition) is 2. The van der Waals surface area contributed by atoms with E-state index in [1.807, 2.05) is 67.6 Å². The topological polar surface area (TPSA) is 42.0 Å². The third-order valence-corrected chi connectivity index (χ3v) is 4.22. The Balaban J connectivity index is 1.97. The number of carbonyl (C=O) groups is 1. The predicted molar refractivity (Wildman–Crippen MR) is 98.2 cm³/mol. The van der Waals surface area contributed by atoms with Crippen molar-refractivity contribution in [1.29, 1.82) is 0 Å². The van der Waals surface area contributed by atoms with E-state index in [0.717, 1.165) is 22.2 Å². The molecular weight excluding hydrogens is 296 g/mol. The normalized spacial score (nSPS) is 12.3. The maximum atomic E-state index is 12.9. The van der Waals surface area contributed by atoms with Crippen molar-refractivity contribution >= 4 is 16.8 Å². The van der Waals surface area contributed by atoms with Gasteiger partial charge in [-0.15, -0.1) is 0 Å². The molecule has 0 spiro atoms. The molecule has 3 nitrogen and oxygen atoms in total. The number of benzene rings is 2. The molecule has 1 amide bonds. The van der Waals surface area contributed by atoms with Crippen LogP contribution < -0.4 is 5.32 Å². The zero-order chi connectivity index (χ0) is 17.1. The van der Waals surface area contributed by atoms with E-state index in [2.05, 4.69) is 24.1 Å². The van der Waals surface area contributed by atoms with E-state index in [9.17, 15) is 4.79 Å². The van der Waals surface area contributed by atoms with Crippen molar-refractivity contribution in [1.82, 2.24) is 10.3 Å². The summed E-state index contributed by atoms with van der Waals surface area (Å²) in [6.45, 7) is 6.18. The second-order valence-corrected chi connectivity index (χ2v) is 6.37. The van der Waals surface area contributed by atoms with Gasteiger partial charge < -0.3 is 5.32 Å². The van der Waals surface area contributed by atoms with Gasteiger partial charge in [-0.25, -0.2) is 0 Å². The Bertz CT molecular complexity index is 856. The number of para-hydroxylation sites is 1. The summed E-state index contributed by atoms with van der Waals surface area (Å²) in [5.74, 6) is 0.208. The van der Waals surface area contributed by atoms with Gasteiger partial charge in [0.25, 0.3) is 5.91 Å². The molecule has 0 aliphatic heterocycles. The Morgan fingerprint density at radius 1 is 0.958 bits per heavy atom. The van der Waals surface area contributed by atoms with Crippen LogP contribution in [0, 0.1) is 0 Å². The predicted octanol–water partition coefficient (Wildman–Crippen LogP) is 4.85. The lowest BCUT2D eigenvalue weighted by Gasteiger charge is -2.16. The van der Waals surface area contributed by atoms with Gasteiger partial charge in [-0.1, -0.05) is 62.4 Å². The fraction of sp³-hybridized carbons (Fsp3) is 0.238. The van der Waals surface area contributed by atoms with Gasteiger partial charge in [0.1, 0.15) is 0 Å². The summed E-state index contributed by atoms with van der Waals surface area (Å²) < 4.78 is 0. The standard InChI is InChI=1S/C21H22N2O/c1-14(2)20-13-18(17-11-7-8-12-19(17)23-20)21(24)22-15(3)16-9-5-4-6-10-16/h4-15H,1-3H3,(H,22,24). The first-order valence-electron chi connectivity index (χ1n) is 8.31. The maximum absolute atomic E-state index is 12.9. The molecule has 0 saturated carbocycles. The zero-order valence-electron chi connectivity index (χ0n) is 14.3. The smallest absolute Gasteiger partial charge is 0.252 e. The molecule has 1 heterocycles. The largest absolute Gasteiger partial charge is 0.345 e. The lowest BCUT2D eigenvalue weighted by molar-refractivity contribution is 0.0941.